The zero-order valence-corrected chi connectivity index (χ0v) is 18.1. The van der Waals surface area contributed by atoms with Crippen LogP contribution in [0.1, 0.15) is 34.2 Å². The monoisotopic (exact) mass is 449 g/mol. The van der Waals surface area contributed by atoms with Crippen molar-refractivity contribution >= 4 is 29.2 Å². The van der Waals surface area contributed by atoms with Crippen LogP contribution in [0.4, 0.5) is 5.82 Å². The van der Waals surface area contributed by atoms with Gasteiger partial charge in [0, 0.05) is 28.6 Å². The molecule has 32 heavy (non-hydrogen) atoms. The van der Waals surface area contributed by atoms with Gasteiger partial charge in [-0.1, -0.05) is 22.9 Å². The van der Waals surface area contributed by atoms with E-state index in [4.69, 9.17) is 5.73 Å². The van der Waals surface area contributed by atoms with E-state index in [9.17, 15) is 4.79 Å². The number of rotatable bonds is 7. The highest BCUT2D eigenvalue weighted by Gasteiger charge is 2.24. The van der Waals surface area contributed by atoms with Gasteiger partial charge in [0.1, 0.15) is 0 Å². The fraction of sp³-hybridized carbons (Fsp3) is 0.150. The summed E-state index contributed by atoms with van der Waals surface area (Å²) in [5.74, 6) is 0.0553. The highest BCUT2D eigenvalue weighted by atomic mass is 32.2. The van der Waals surface area contributed by atoms with Crippen LogP contribution in [0.3, 0.4) is 0 Å². The Labute approximate surface area is 187 Å². The number of amides is 1. The van der Waals surface area contributed by atoms with Crippen molar-refractivity contribution in [1.29, 1.82) is 0 Å². The van der Waals surface area contributed by atoms with Crippen LogP contribution in [-0.4, -0.2) is 41.9 Å². The molecular weight excluding hydrogens is 430 g/mol. The van der Waals surface area contributed by atoms with Gasteiger partial charge in [-0.3, -0.25) is 9.78 Å². The van der Waals surface area contributed by atoms with Crippen molar-refractivity contribution in [3.05, 3.63) is 71.3 Å². The molecule has 0 unspecified atom stereocenters. The number of aromatic nitrogens is 6. The molecule has 4 aromatic rings. The van der Waals surface area contributed by atoms with Gasteiger partial charge in [0.15, 0.2) is 5.69 Å². The topological polar surface area (TPSA) is 150 Å². The summed E-state index contributed by atoms with van der Waals surface area (Å²) in [7, 11) is 0. The number of benzene rings is 1. The fourth-order valence-electron chi connectivity index (χ4n) is 2.75. The number of thioether (sulfide) groups is 1. The maximum absolute atomic E-state index is 12.9. The lowest BCUT2D eigenvalue weighted by molar-refractivity contribution is 0.0949. The third-order valence-corrected chi connectivity index (χ3v) is 5.52. The van der Waals surface area contributed by atoms with Gasteiger partial charge in [-0.15, -0.1) is 16.9 Å². The van der Waals surface area contributed by atoms with E-state index in [2.05, 4.69) is 40.8 Å². The minimum Gasteiger partial charge on any atom is -0.378 e. The van der Waals surface area contributed by atoms with Crippen LogP contribution in [0.15, 0.2) is 63.4 Å². The Morgan fingerprint density at radius 2 is 1.94 bits per heavy atom. The van der Waals surface area contributed by atoms with Crippen LogP contribution in [-0.2, 0) is 5.75 Å². The molecule has 0 spiro atoms. The third-order valence-electron chi connectivity index (χ3n) is 4.49. The summed E-state index contributed by atoms with van der Waals surface area (Å²) in [5.41, 5.74) is 11.5. The minimum absolute atomic E-state index is 0.0370. The number of nitrogen functional groups attached to an aromatic ring is 1. The van der Waals surface area contributed by atoms with E-state index in [0.29, 0.717) is 17.2 Å². The van der Waals surface area contributed by atoms with Gasteiger partial charge in [-0.2, -0.15) is 9.78 Å². The molecule has 0 saturated heterocycles. The van der Waals surface area contributed by atoms with Crippen molar-refractivity contribution in [3.63, 3.8) is 0 Å². The standard InChI is InChI=1S/C20H19N9O2S/c1-12-3-5-15(6-4-12)32-11-16-17(24-28-29(16)19-18(21)26-31-27-19)20(30)25-23-13(2)14-7-9-22-10-8-14/h3-10H,11H2,1-2H3,(H2,21,26)(H,25,30)/b23-13-. The second-order valence-corrected chi connectivity index (χ2v) is 7.79. The lowest BCUT2D eigenvalue weighted by Gasteiger charge is -2.06. The van der Waals surface area contributed by atoms with E-state index in [1.54, 1.807) is 31.5 Å². The summed E-state index contributed by atoms with van der Waals surface area (Å²) in [6.45, 7) is 3.80. The largest absolute Gasteiger partial charge is 0.378 e. The molecule has 0 bridgehead atoms. The van der Waals surface area contributed by atoms with Gasteiger partial charge in [0.05, 0.1) is 11.4 Å². The number of carbonyl (C=O) groups is 1. The molecule has 0 aliphatic rings. The van der Waals surface area contributed by atoms with Gasteiger partial charge >= 0.3 is 0 Å². The summed E-state index contributed by atoms with van der Waals surface area (Å²) in [6.07, 6.45) is 3.30. The van der Waals surface area contributed by atoms with Gasteiger partial charge in [0.2, 0.25) is 11.6 Å². The molecule has 0 fully saturated rings. The predicted octanol–water partition coefficient (Wildman–Crippen LogP) is 2.38. The van der Waals surface area contributed by atoms with Gasteiger partial charge < -0.3 is 5.73 Å². The Hall–Kier alpha value is -4.06. The Balaban J connectivity index is 1.60. The number of pyridine rings is 1. The third kappa shape index (κ3) is 4.64. The van der Waals surface area contributed by atoms with Crippen molar-refractivity contribution in [2.24, 2.45) is 5.10 Å². The Morgan fingerprint density at radius 3 is 2.62 bits per heavy atom. The van der Waals surface area contributed by atoms with Crippen molar-refractivity contribution in [1.82, 2.24) is 35.7 Å². The number of aryl methyl sites for hydroxylation is 1. The first kappa shape index (κ1) is 21.2. The lowest BCUT2D eigenvalue weighted by Crippen LogP contribution is -2.21. The molecule has 3 heterocycles. The van der Waals surface area contributed by atoms with E-state index in [0.717, 1.165) is 16.0 Å². The molecule has 11 nitrogen and oxygen atoms in total. The van der Waals surface area contributed by atoms with Gasteiger partial charge in [-0.25, -0.2) is 10.1 Å². The summed E-state index contributed by atoms with van der Waals surface area (Å²) in [5, 5.41) is 19.6. The zero-order valence-electron chi connectivity index (χ0n) is 17.3. The number of nitrogens with two attached hydrogens (primary N) is 1. The maximum Gasteiger partial charge on any atom is 0.293 e. The van der Waals surface area contributed by atoms with Crippen LogP contribution in [0.2, 0.25) is 0 Å². The molecule has 4 rings (SSSR count). The molecule has 162 valence electrons. The first-order valence-electron chi connectivity index (χ1n) is 9.50. The molecule has 12 heteroatoms. The van der Waals surface area contributed by atoms with Crippen molar-refractivity contribution in [3.8, 4) is 5.82 Å². The molecule has 3 N–H and O–H groups in total. The van der Waals surface area contributed by atoms with Crippen molar-refractivity contribution in [2.45, 2.75) is 24.5 Å². The minimum atomic E-state index is -0.515. The molecule has 1 aromatic carbocycles. The smallest absolute Gasteiger partial charge is 0.293 e. The molecule has 0 saturated carbocycles. The number of nitrogens with zero attached hydrogens (tertiary/aromatic N) is 7. The normalized spacial score (nSPS) is 11.5. The van der Waals surface area contributed by atoms with Gasteiger partial charge in [0.25, 0.3) is 5.91 Å². The summed E-state index contributed by atoms with van der Waals surface area (Å²) in [6, 6.07) is 11.6. The van der Waals surface area contributed by atoms with Crippen LogP contribution < -0.4 is 11.2 Å². The highest BCUT2D eigenvalue weighted by Crippen LogP contribution is 2.26. The summed E-state index contributed by atoms with van der Waals surface area (Å²) >= 11 is 1.51. The SMILES string of the molecule is C/C(=N/NC(=O)c1nnn(-c2nonc2N)c1CSc1ccc(C)cc1)c1ccncc1. The first-order chi connectivity index (χ1) is 15.5. The summed E-state index contributed by atoms with van der Waals surface area (Å²) < 4.78 is 6.03. The lowest BCUT2D eigenvalue weighted by atomic mass is 10.2. The molecule has 3 aromatic heterocycles. The van der Waals surface area contributed by atoms with Crippen LogP contribution >= 0.6 is 11.8 Å². The number of anilines is 1. The summed E-state index contributed by atoms with van der Waals surface area (Å²) in [4.78, 5) is 17.9. The fourth-order valence-corrected chi connectivity index (χ4v) is 3.64. The quantitative estimate of drug-likeness (QED) is 0.246. The number of hydrazone groups is 1. The zero-order chi connectivity index (χ0) is 22.5. The average molecular weight is 450 g/mol. The van der Waals surface area contributed by atoms with Crippen molar-refractivity contribution < 1.29 is 9.42 Å². The second-order valence-electron chi connectivity index (χ2n) is 6.75. The molecule has 0 aliphatic carbocycles. The average Bonchev–Trinajstić information content (AvgIpc) is 3.43. The van der Waals surface area contributed by atoms with E-state index in [-0.39, 0.29) is 17.3 Å². The molecule has 0 radical (unpaired) electrons. The number of nitrogens with one attached hydrogen (secondary N) is 1. The maximum atomic E-state index is 12.9. The molecule has 0 atom stereocenters. The van der Waals surface area contributed by atoms with E-state index in [1.807, 2.05) is 31.2 Å². The van der Waals surface area contributed by atoms with E-state index < -0.39 is 5.91 Å². The predicted molar refractivity (Wildman–Crippen MR) is 118 cm³/mol. The van der Waals surface area contributed by atoms with Crippen LogP contribution in [0, 0.1) is 6.92 Å². The number of hydrogen-bond donors (Lipinski definition) is 2. The van der Waals surface area contributed by atoms with Crippen LogP contribution in [0.25, 0.3) is 5.82 Å². The first-order valence-corrected chi connectivity index (χ1v) is 10.5. The number of carbonyl (C=O) groups excluding carboxylic acids is 1. The molecule has 1 amide bonds. The Kier molecular flexibility index (Phi) is 6.22. The van der Waals surface area contributed by atoms with E-state index in [1.165, 1.54) is 16.4 Å². The van der Waals surface area contributed by atoms with Crippen LogP contribution in [0.5, 0.6) is 0 Å². The van der Waals surface area contributed by atoms with Gasteiger partial charge in [-0.05, 0) is 48.4 Å². The molecular formula is C20H19N9O2S. The van der Waals surface area contributed by atoms with Crippen molar-refractivity contribution in [2.75, 3.05) is 5.73 Å². The number of hydrogen-bond acceptors (Lipinski definition) is 10. The molecule has 0 aliphatic heterocycles. The van der Waals surface area contributed by atoms with E-state index >= 15 is 0 Å². The Morgan fingerprint density at radius 1 is 1.19 bits per heavy atom. The Bertz CT molecular complexity index is 1250. The highest BCUT2D eigenvalue weighted by molar-refractivity contribution is 7.98. The second kappa shape index (κ2) is 9.39.